The van der Waals surface area contributed by atoms with Crippen LogP contribution < -0.4 is 10.6 Å². The molecule has 3 aromatic rings. The molecule has 0 atom stereocenters. The topological polar surface area (TPSA) is 62.7 Å². The van der Waals surface area contributed by atoms with Crippen LogP contribution in [-0.2, 0) is 6.42 Å². The van der Waals surface area contributed by atoms with E-state index < -0.39 is 0 Å². The van der Waals surface area contributed by atoms with E-state index in [1.165, 1.54) is 24.0 Å². The number of para-hydroxylation sites is 1. The van der Waals surface area contributed by atoms with Crippen LogP contribution in [0.2, 0.25) is 0 Å². The number of nitrogens with zero attached hydrogens (tertiary/aromatic N) is 3. The fraction of sp³-hybridized carbons (Fsp3) is 0.286. The van der Waals surface area contributed by atoms with Crippen LogP contribution in [0.5, 0.6) is 0 Å². The number of aryl methyl sites for hydroxylation is 2. The van der Waals surface area contributed by atoms with Crippen LogP contribution in [0.4, 0.5) is 17.5 Å². The second kappa shape index (κ2) is 7.12. The molecule has 1 saturated carbocycles. The molecule has 4 rings (SSSR count). The molecule has 0 saturated heterocycles. The van der Waals surface area contributed by atoms with Crippen molar-refractivity contribution in [2.75, 3.05) is 10.6 Å². The molecule has 0 radical (unpaired) electrons. The number of rotatable bonds is 6. The molecule has 1 aromatic carbocycles. The van der Waals surface area contributed by atoms with Crippen LogP contribution in [0.25, 0.3) is 11.3 Å². The molecule has 2 aromatic heterocycles. The zero-order valence-corrected chi connectivity index (χ0v) is 15.2. The predicted molar refractivity (Wildman–Crippen MR) is 106 cm³/mol. The lowest BCUT2D eigenvalue weighted by molar-refractivity contribution is 1.05. The molecule has 132 valence electrons. The van der Waals surface area contributed by atoms with Gasteiger partial charge in [-0.05, 0) is 49.4 Å². The molecule has 1 aliphatic carbocycles. The molecule has 0 amide bonds. The van der Waals surface area contributed by atoms with E-state index in [9.17, 15) is 0 Å². The Morgan fingerprint density at radius 3 is 2.73 bits per heavy atom. The Morgan fingerprint density at radius 1 is 1.12 bits per heavy atom. The molecular formula is C21H23N5. The Morgan fingerprint density at radius 2 is 2.00 bits per heavy atom. The van der Waals surface area contributed by atoms with Crippen molar-refractivity contribution in [2.45, 2.75) is 39.2 Å². The summed E-state index contributed by atoms with van der Waals surface area (Å²) < 4.78 is 0. The molecule has 1 aliphatic rings. The molecule has 1 fully saturated rings. The molecule has 5 nitrogen and oxygen atoms in total. The maximum absolute atomic E-state index is 4.70. The van der Waals surface area contributed by atoms with Gasteiger partial charge in [0, 0.05) is 35.8 Å². The first-order chi connectivity index (χ1) is 12.7. The van der Waals surface area contributed by atoms with Crippen molar-refractivity contribution in [2.24, 2.45) is 0 Å². The lowest BCUT2D eigenvalue weighted by Crippen LogP contribution is -2.08. The number of hydrogen-bond donors (Lipinski definition) is 2. The zero-order chi connectivity index (χ0) is 17.9. The molecule has 26 heavy (non-hydrogen) atoms. The lowest BCUT2D eigenvalue weighted by atomic mass is 10.1. The van der Waals surface area contributed by atoms with E-state index >= 15 is 0 Å². The van der Waals surface area contributed by atoms with Crippen LogP contribution in [0.3, 0.4) is 0 Å². The highest BCUT2D eigenvalue weighted by Crippen LogP contribution is 2.29. The first kappa shape index (κ1) is 16.5. The van der Waals surface area contributed by atoms with Crippen molar-refractivity contribution in [1.29, 1.82) is 0 Å². The summed E-state index contributed by atoms with van der Waals surface area (Å²) in [4.78, 5) is 13.6. The molecule has 0 unspecified atom stereocenters. The smallest absolute Gasteiger partial charge is 0.225 e. The van der Waals surface area contributed by atoms with Gasteiger partial charge in [0.1, 0.15) is 5.82 Å². The molecule has 2 heterocycles. The van der Waals surface area contributed by atoms with Gasteiger partial charge in [-0.3, -0.25) is 4.98 Å². The molecule has 5 heteroatoms. The Bertz CT molecular complexity index is 904. The summed E-state index contributed by atoms with van der Waals surface area (Å²) >= 11 is 0. The number of benzene rings is 1. The van der Waals surface area contributed by atoms with E-state index in [1.807, 2.05) is 24.4 Å². The average molecular weight is 345 g/mol. The van der Waals surface area contributed by atoms with E-state index in [2.05, 4.69) is 52.6 Å². The normalized spacial score (nSPS) is 13.5. The summed E-state index contributed by atoms with van der Waals surface area (Å²) in [5.74, 6) is 1.47. The van der Waals surface area contributed by atoms with Crippen molar-refractivity contribution in [3.05, 3.63) is 59.9 Å². The van der Waals surface area contributed by atoms with Crippen LogP contribution >= 0.6 is 0 Å². The van der Waals surface area contributed by atoms with Crippen LogP contribution in [-0.4, -0.2) is 21.0 Å². The Kier molecular flexibility index (Phi) is 4.52. The molecular weight excluding hydrogens is 322 g/mol. The average Bonchev–Trinajstić information content (AvgIpc) is 3.48. The van der Waals surface area contributed by atoms with Gasteiger partial charge in [0.25, 0.3) is 0 Å². The monoisotopic (exact) mass is 345 g/mol. The van der Waals surface area contributed by atoms with Gasteiger partial charge in [-0.15, -0.1) is 0 Å². The highest BCUT2D eigenvalue weighted by Gasteiger charge is 2.22. The van der Waals surface area contributed by atoms with Gasteiger partial charge in [0.2, 0.25) is 5.95 Å². The summed E-state index contributed by atoms with van der Waals surface area (Å²) in [6, 6.07) is 12.8. The quantitative estimate of drug-likeness (QED) is 0.676. The standard InChI is InChI=1S/C21H23N5/c1-3-15-7-4-6-14(2)20(15)25-19-12-18(16-8-5-11-22-13-16)24-21(26-19)23-17-9-10-17/h4-8,11-13,17H,3,9-10H2,1-2H3,(H2,23,24,25,26). The largest absolute Gasteiger partial charge is 0.351 e. The van der Waals surface area contributed by atoms with Gasteiger partial charge in [0.15, 0.2) is 0 Å². The van der Waals surface area contributed by atoms with E-state index in [4.69, 9.17) is 4.98 Å². The summed E-state index contributed by atoms with van der Waals surface area (Å²) in [6.07, 6.45) is 6.94. The highest BCUT2D eigenvalue weighted by atomic mass is 15.2. The zero-order valence-electron chi connectivity index (χ0n) is 15.2. The number of hydrogen-bond acceptors (Lipinski definition) is 5. The minimum Gasteiger partial charge on any atom is -0.351 e. The van der Waals surface area contributed by atoms with Crippen LogP contribution in [0.1, 0.15) is 30.9 Å². The third-order valence-electron chi connectivity index (χ3n) is 4.59. The van der Waals surface area contributed by atoms with E-state index in [-0.39, 0.29) is 0 Å². The van der Waals surface area contributed by atoms with Gasteiger partial charge in [-0.2, -0.15) is 4.98 Å². The summed E-state index contributed by atoms with van der Waals surface area (Å²) in [6.45, 7) is 4.29. The predicted octanol–water partition coefficient (Wildman–Crippen LogP) is 4.73. The fourth-order valence-corrected chi connectivity index (χ4v) is 2.98. The maximum Gasteiger partial charge on any atom is 0.225 e. The SMILES string of the molecule is CCc1cccc(C)c1Nc1cc(-c2cccnc2)nc(NC2CC2)n1. The fourth-order valence-electron chi connectivity index (χ4n) is 2.98. The highest BCUT2D eigenvalue weighted by molar-refractivity contribution is 5.70. The van der Waals surface area contributed by atoms with Crippen molar-refractivity contribution < 1.29 is 0 Å². The van der Waals surface area contributed by atoms with Crippen molar-refractivity contribution in [3.8, 4) is 11.3 Å². The first-order valence-electron chi connectivity index (χ1n) is 9.14. The van der Waals surface area contributed by atoms with Crippen molar-refractivity contribution >= 4 is 17.5 Å². The number of nitrogens with one attached hydrogen (secondary N) is 2. The molecule has 0 bridgehead atoms. The second-order valence-electron chi connectivity index (χ2n) is 6.71. The van der Waals surface area contributed by atoms with Gasteiger partial charge < -0.3 is 10.6 Å². The first-order valence-corrected chi connectivity index (χ1v) is 9.14. The van der Waals surface area contributed by atoms with Crippen molar-refractivity contribution in [3.63, 3.8) is 0 Å². The third kappa shape index (κ3) is 3.67. The van der Waals surface area contributed by atoms with Gasteiger partial charge in [0.05, 0.1) is 5.69 Å². The van der Waals surface area contributed by atoms with Gasteiger partial charge in [-0.1, -0.05) is 25.1 Å². The molecule has 0 aliphatic heterocycles. The number of pyridine rings is 1. The summed E-state index contributed by atoms with van der Waals surface area (Å²) in [5.41, 5.74) is 5.47. The number of anilines is 3. The van der Waals surface area contributed by atoms with E-state index in [1.54, 1.807) is 6.20 Å². The Labute approximate surface area is 153 Å². The Balaban J connectivity index is 1.73. The minimum atomic E-state index is 0.497. The minimum absolute atomic E-state index is 0.497. The van der Waals surface area contributed by atoms with Gasteiger partial charge in [-0.25, -0.2) is 4.98 Å². The van der Waals surface area contributed by atoms with Crippen LogP contribution in [0, 0.1) is 6.92 Å². The third-order valence-corrected chi connectivity index (χ3v) is 4.59. The Hall–Kier alpha value is -2.95. The summed E-state index contributed by atoms with van der Waals surface area (Å²) in [7, 11) is 0. The lowest BCUT2D eigenvalue weighted by Gasteiger charge is -2.15. The summed E-state index contributed by atoms with van der Waals surface area (Å²) in [5, 5.41) is 6.94. The van der Waals surface area contributed by atoms with E-state index in [0.29, 0.717) is 12.0 Å². The second-order valence-corrected chi connectivity index (χ2v) is 6.71. The molecule has 2 N–H and O–H groups in total. The van der Waals surface area contributed by atoms with Crippen molar-refractivity contribution in [1.82, 2.24) is 15.0 Å². The number of aromatic nitrogens is 3. The van der Waals surface area contributed by atoms with Gasteiger partial charge >= 0.3 is 0 Å². The molecule has 0 spiro atoms. The van der Waals surface area contributed by atoms with E-state index in [0.717, 1.165) is 29.2 Å². The maximum atomic E-state index is 4.70. The van der Waals surface area contributed by atoms with Crippen LogP contribution in [0.15, 0.2) is 48.8 Å².